The monoisotopic (exact) mass is 314 g/mol. The van der Waals surface area contributed by atoms with E-state index in [1.165, 1.54) is 0 Å². The maximum atomic E-state index is 5.64. The lowest BCUT2D eigenvalue weighted by Crippen LogP contribution is -2.07. The molecular formula is C18H26N4O. The summed E-state index contributed by atoms with van der Waals surface area (Å²) >= 11 is 0. The predicted octanol–water partition coefficient (Wildman–Crippen LogP) is 4.47. The van der Waals surface area contributed by atoms with Crippen LogP contribution in [0.15, 0.2) is 36.7 Å². The quantitative estimate of drug-likeness (QED) is 0.753. The summed E-state index contributed by atoms with van der Waals surface area (Å²) < 4.78 is 5.64. The highest BCUT2D eigenvalue weighted by atomic mass is 16.5. The van der Waals surface area contributed by atoms with Gasteiger partial charge in [0.05, 0.1) is 6.10 Å². The molecule has 2 aromatic rings. The maximum Gasteiger partial charge on any atom is 0.135 e. The Labute approximate surface area is 138 Å². The van der Waals surface area contributed by atoms with Gasteiger partial charge < -0.3 is 15.4 Å². The summed E-state index contributed by atoms with van der Waals surface area (Å²) in [5, 5.41) is 6.60. The molecular weight excluding hydrogens is 288 g/mol. The van der Waals surface area contributed by atoms with Crippen LogP contribution in [0.1, 0.15) is 34.1 Å². The summed E-state index contributed by atoms with van der Waals surface area (Å²) in [4.78, 5) is 8.50. The van der Waals surface area contributed by atoms with Crippen molar-refractivity contribution in [2.45, 2.75) is 40.2 Å². The summed E-state index contributed by atoms with van der Waals surface area (Å²) in [6.07, 6.45) is 2.86. The molecule has 124 valence electrons. The molecule has 23 heavy (non-hydrogen) atoms. The van der Waals surface area contributed by atoms with Crippen molar-refractivity contribution in [2.75, 3.05) is 17.2 Å². The van der Waals surface area contributed by atoms with E-state index in [0.29, 0.717) is 5.92 Å². The fourth-order valence-corrected chi connectivity index (χ4v) is 2.05. The molecule has 1 heterocycles. The molecule has 0 saturated heterocycles. The Balaban J connectivity index is 1.94. The van der Waals surface area contributed by atoms with Gasteiger partial charge in [0, 0.05) is 18.3 Å². The topological polar surface area (TPSA) is 59.1 Å². The molecule has 2 rings (SSSR count). The molecule has 0 spiro atoms. The number of hydrogen-bond acceptors (Lipinski definition) is 5. The smallest absolute Gasteiger partial charge is 0.135 e. The van der Waals surface area contributed by atoms with Gasteiger partial charge in [0.25, 0.3) is 0 Å². The van der Waals surface area contributed by atoms with E-state index < -0.39 is 0 Å². The predicted molar refractivity (Wildman–Crippen MR) is 95.5 cm³/mol. The Morgan fingerprint density at radius 3 is 2.35 bits per heavy atom. The molecule has 0 unspecified atom stereocenters. The van der Waals surface area contributed by atoms with Gasteiger partial charge in [-0.05, 0) is 50.5 Å². The van der Waals surface area contributed by atoms with Crippen LogP contribution in [0, 0.1) is 5.92 Å². The lowest BCUT2D eigenvalue weighted by Gasteiger charge is -2.11. The van der Waals surface area contributed by atoms with Crippen molar-refractivity contribution < 1.29 is 4.74 Å². The molecule has 5 nitrogen and oxygen atoms in total. The van der Waals surface area contributed by atoms with Gasteiger partial charge in [-0.25, -0.2) is 9.97 Å². The third-order valence-electron chi connectivity index (χ3n) is 3.19. The van der Waals surface area contributed by atoms with Crippen molar-refractivity contribution in [1.29, 1.82) is 0 Å². The summed E-state index contributed by atoms with van der Waals surface area (Å²) in [6.45, 7) is 9.36. The second-order valence-electron chi connectivity index (χ2n) is 6.21. The van der Waals surface area contributed by atoms with Gasteiger partial charge >= 0.3 is 0 Å². The van der Waals surface area contributed by atoms with Crippen LogP contribution in [-0.4, -0.2) is 22.6 Å². The summed E-state index contributed by atoms with van der Waals surface area (Å²) in [5.41, 5.74) is 0.966. The van der Waals surface area contributed by atoms with Gasteiger partial charge in [0.15, 0.2) is 0 Å². The zero-order chi connectivity index (χ0) is 16.7. The first-order valence-corrected chi connectivity index (χ1v) is 8.12. The minimum Gasteiger partial charge on any atom is -0.491 e. The van der Waals surface area contributed by atoms with Crippen LogP contribution in [-0.2, 0) is 0 Å². The lowest BCUT2D eigenvalue weighted by atomic mass is 10.1. The van der Waals surface area contributed by atoms with Crippen LogP contribution in [0.3, 0.4) is 0 Å². The highest BCUT2D eigenvalue weighted by Gasteiger charge is 2.02. The number of nitrogens with one attached hydrogen (secondary N) is 2. The van der Waals surface area contributed by atoms with Gasteiger partial charge in [-0.3, -0.25) is 0 Å². The van der Waals surface area contributed by atoms with Gasteiger partial charge in [0.2, 0.25) is 0 Å². The van der Waals surface area contributed by atoms with E-state index in [-0.39, 0.29) is 6.10 Å². The summed E-state index contributed by atoms with van der Waals surface area (Å²) in [5.74, 6) is 3.14. The van der Waals surface area contributed by atoms with E-state index in [2.05, 4.69) is 34.4 Å². The molecule has 2 N–H and O–H groups in total. The standard InChI is InChI=1S/C18H26N4O/c1-13(2)9-10-19-17-11-18(21-12-20-17)22-15-5-7-16(8-6-15)23-14(3)4/h5-8,11-14H,9-10H2,1-4H3,(H2,19,20,21,22). The van der Waals surface area contributed by atoms with E-state index in [1.54, 1.807) is 6.33 Å². The van der Waals surface area contributed by atoms with Crippen LogP contribution in [0.2, 0.25) is 0 Å². The van der Waals surface area contributed by atoms with E-state index in [9.17, 15) is 0 Å². The highest BCUT2D eigenvalue weighted by molar-refractivity contribution is 5.59. The van der Waals surface area contributed by atoms with Crippen LogP contribution in [0.25, 0.3) is 0 Å². The Hall–Kier alpha value is -2.30. The Morgan fingerprint density at radius 1 is 1.00 bits per heavy atom. The van der Waals surface area contributed by atoms with Gasteiger partial charge in [-0.2, -0.15) is 0 Å². The molecule has 0 aliphatic rings. The molecule has 0 radical (unpaired) electrons. The minimum atomic E-state index is 0.176. The average molecular weight is 314 g/mol. The van der Waals surface area contributed by atoms with Crippen molar-refractivity contribution in [3.63, 3.8) is 0 Å². The zero-order valence-corrected chi connectivity index (χ0v) is 14.3. The summed E-state index contributed by atoms with van der Waals surface area (Å²) in [7, 11) is 0. The molecule has 0 bridgehead atoms. The number of hydrogen-bond donors (Lipinski definition) is 2. The second kappa shape index (κ2) is 8.36. The number of ether oxygens (including phenoxy) is 1. The van der Waals surface area contributed by atoms with Crippen molar-refractivity contribution in [1.82, 2.24) is 9.97 Å². The van der Waals surface area contributed by atoms with E-state index in [4.69, 9.17) is 4.74 Å². The molecule has 0 amide bonds. The van der Waals surface area contributed by atoms with Crippen molar-refractivity contribution >= 4 is 17.3 Å². The van der Waals surface area contributed by atoms with Crippen LogP contribution < -0.4 is 15.4 Å². The number of rotatable bonds is 8. The SMILES string of the molecule is CC(C)CCNc1cc(Nc2ccc(OC(C)C)cc2)ncn1. The van der Waals surface area contributed by atoms with Crippen LogP contribution >= 0.6 is 0 Å². The maximum absolute atomic E-state index is 5.64. The average Bonchev–Trinajstić information content (AvgIpc) is 2.49. The fourth-order valence-electron chi connectivity index (χ4n) is 2.05. The van der Waals surface area contributed by atoms with Gasteiger partial charge in [-0.15, -0.1) is 0 Å². The first-order valence-electron chi connectivity index (χ1n) is 8.12. The minimum absolute atomic E-state index is 0.176. The largest absolute Gasteiger partial charge is 0.491 e. The van der Waals surface area contributed by atoms with Gasteiger partial charge in [0.1, 0.15) is 23.7 Å². The van der Waals surface area contributed by atoms with E-state index in [0.717, 1.165) is 36.0 Å². The first kappa shape index (κ1) is 17.1. The summed E-state index contributed by atoms with van der Waals surface area (Å²) in [6, 6.07) is 9.77. The second-order valence-corrected chi connectivity index (χ2v) is 6.21. The number of benzene rings is 1. The van der Waals surface area contributed by atoms with Crippen LogP contribution in [0.4, 0.5) is 17.3 Å². The number of nitrogens with zero attached hydrogens (tertiary/aromatic N) is 2. The molecule has 0 aliphatic heterocycles. The van der Waals surface area contributed by atoms with Gasteiger partial charge in [-0.1, -0.05) is 13.8 Å². The molecule has 0 aliphatic carbocycles. The molecule has 0 saturated carbocycles. The van der Waals surface area contributed by atoms with Crippen LogP contribution in [0.5, 0.6) is 5.75 Å². The third-order valence-corrected chi connectivity index (χ3v) is 3.19. The van der Waals surface area contributed by atoms with Crippen molar-refractivity contribution in [2.24, 2.45) is 5.92 Å². The molecule has 0 atom stereocenters. The first-order chi connectivity index (χ1) is 11.0. The number of aromatic nitrogens is 2. The Kier molecular flexibility index (Phi) is 6.20. The lowest BCUT2D eigenvalue weighted by molar-refractivity contribution is 0.242. The van der Waals surface area contributed by atoms with Crippen molar-refractivity contribution in [3.8, 4) is 5.75 Å². The number of anilines is 3. The van der Waals surface area contributed by atoms with E-state index in [1.807, 2.05) is 44.2 Å². The molecule has 5 heteroatoms. The highest BCUT2D eigenvalue weighted by Crippen LogP contribution is 2.20. The van der Waals surface area contributed by atoms with E-state index >= 15 is 0 Å². The molecule has 1 aromatic carbocycles. The Bertz CT molecular complexity index is 596. The van der Waals surface area contributed by atoms with Crippen molar-refractivity contribution in [3.05, 3.63) is 36.7 Å². The Morgan fingerprint density at radius 2 is 1.70 bits per heavy atom. The zero-order valence-electron chi connectivity index (χ0n) is 14.3. The molecule has 0 fully saturated rings. The normalized spacial score (nSPS) is 10.9. The fraction of sp³-hybridized carbons (Fsp3) is 0.444. The molecule has 1 aromatic heterocycles. The third kappa shape index (κ3) is 6.14.